The summed E-state index contributed by atoms with van der Waals surface area (Å²) in [7, 11) is 0. The molecule has 3 nitrogen and oxygen atoms in total. The van der Waals surface area contributed by atoms with Crippen LogP contribution in [-0.2, 0) is 9.53 Å². The largest absolute Gasteiger partial charge is 0.423 e. The van der Waals surface area contributed by atoms with Gasteiger partial charge in [-0.15, -0.1) is 0 Å². The topological polar surface area (TPSA) is 46.5 Å². The van der Waals surface area contributed by atoms with Crippen molar-refractivity contribution in [1.82, 2.24) is 0 Å². The summed E-state index contributed by atoms with van der Waals surface area (Å²) in [6, 6.07) is 0. The van der Waals surface area contributed by atoms with Crippen molar-refractivity contribution >= 4 is 85.6 Å². The van der Waals surface area contributed by atoms with Gasteiger partial charge in [0.1, 0.15) is 4.83 Å². The van der Waals surface area contributed by atoms with E-state index in [1.54, 1.807) is 0 Å². The molecule has 2 atom stereocenters. The zero-order valence-electron chi connectivity index (χ0n) is 8.94. The zero-order valence-corrected chi connectivity index (χ0v) is 16.9. The van der Waals surface area contributed by atoms with Crippen molar-refractivity contribution in [3.8, 4) is 0 Å². The van der Waals surface area contributed by atoms with E-state index in [1.807, 2.05) is 0 Å². The van der Waals surface area contributed by atoms with Gasteiger partial charge in [0, 0.05) is 19.0 Å². The van der Waals surface area contributed by atoms with Crippen molar-refractivity contribution in [3.63, 3.8) is 0 Å². The van der Waals surface area contributed by atoms with E-state index in [4.69, 9.17) is 4.74 Å². The van der Waals surface area contributed by atoms with Crippen molar-refractivity contribution in [2.45, 2.75) is 17.5 Å². The molecule has 0 spiro atoms. The summed E-state index contributed by atoms with van der Waals surface area (Å²) < 4.78 is 7.25. The molecule has 0 fully saturated rings. The lowest BCUT2D eigenvalue weighted by Gasteiger charge is -2.36. The van der Waals surface area contributed by atoms with E-state index in [-0.39, 0.29) is 5.57 Å². The maximum Gasteiger partial charge on any atom is 0.335 e. The van der Waals surface area contributed by atoms with Gasteiger partial charge in [-0.05, 0) is 54.7 Å². The maximum atomic E-state index is 11.6. The highest BCUT2D eigenvalue weighted by Crippen LogP contribution is 2.50. The van der Waals surface area contributed by atoms with Gasteiger partial charge >= 0.3 is 5.97 Å². The summed E-state index contributed by atoms with van der Waals surface area (Å²) in [5.41, 5.74) is 0.198. The number of esters is 1. The predicted octanol–water partition coefficient (Wildman–Crippen LogP) is 4.57. The molecule has 0 radical (unpaired) electrons. The molecule has 0 aliphatic heterocycles. The summed E-state index contributed by atoms with van der Waals surface area (Å²) in [6.07, 6.45) is 0. The van der Waals surface area contributed by atoms with E-state index in [2.05, 4.69) is 86.2 Å². The lowest BCUT2D eigenvalue weighted by Crippen LogP contribution is -2.46. The Morgan fingerprint density at radius 1 is 1.33 bits per heavy atom. The van der Waals surface area contributed by atoms with Crippen LogP contribution in [0.4, 0.5) is 0 Å². The Labute approximate surface area is 146 Å². The van der Waals surface area contributed by atoms with Crippen LogP contribution < -0.4 is 0 Å². The SMILES string of the molecule is C=C(C)C(=O)OC1(O)C(Br)=C(Br)C(Br)=C(Br)C1Br. The van der Waals surface area contributed by atoms with Gasteiger partial charge < -0.3 is 9.84 Å². The second kappa shape index (κ2) is 6.22. The molecule has 0 aromatic carbocycles. The van der Waals surface area contributed by atoms with E-state index >= 15 is 0 Å². The van der Waals surface area contributed by atoms with Crippen molar-refractivity contribution < 1.29 is 14.6 Å². The van der Waals surface area contributed by atoms with Crippen LogP contribution in [0, 0.1) is 0 Å². The van der Waals surface area contributed by atoms with Crippen LogP contribution in [0.3, 0.4) is 0 Å². The third-order valence-corrected chi connectivity index (χ3v) is 8.80. The summed E-state index contributed by atoms with van der Waals surface area (Å²) >= 11 is 16.5. The van der Waals surface area contributed by atoms with Crippen LogP contribution in [0.5, 0.6) is 0 Å². The molecule has 0 amide bonds. The minimum absolute atomic E-state index is 0.198. The number of carbonyl (C=O) groups is 1. The number of allylic oxidation sites excluding steroid dienone is 2. The molecule has 0 heterocycles. The van der Waals surface area contributed by atoms with Gasteiger partial charge in [-0.1, -0.05) is 38.4 Å². The van der Waals surface area contributed by atoms with E-state index in [1.165, 1.54) is 6.92 Å². The molecule has 1 aliphatic carbocycles. The molecular formula is C10H7Br5O3. The van der Waals surface area contributed by atoms with Gasteiger partial charge in [-0.2, -0.15) is 0 Å². The molecule has 18 heavy (non-hydrogen) atoms. The normalized spacial score (nSPS) is 28.5. The molecule has 1 rings (SSSR count). The molecule has 2 unspecified atom stereocenters. The third-order valence-electron chi connectivity index (χ3n) is 2.07. The summed E-state index contributed by atoms with van der Waals surface area (Å²) in [6.45, 7) is 4.98. The molecule has 1 aliphatic rings. The predicted molar refractivity (Wildman–Crippen MR) is 88.3 cm³/mol. The minimum atomic E-state index is -1.86. The third kappa shape index (κ3) is 3.03. The highest BCUT2D eigenvalue weighted by Gasteiger charge is 2.49. The fourth-order valence-corrected chi connectivity index (χ4v) is 4.72. The molecule has 1 N–H and O–H groups in total. The average Bonchev–Trinajstić information content (AvgIpc) is 2.32. The number of hydrogen-bond donors (Lipinski definition) is 1. The maximum absolute atomic E-state index is 11.6. The van der Waals surface area contributed by atoms with Crippen LogP contribution in [0.25, 0.3) is 0 Å². The van der Waals surface area contributed by atoms with E-state index in [0.717, 1.165) is 0 Å². The number of ether oxygens (including phenoxy) is 1. The number of halogens is 5. The second-order valence-corrected chi connectivity index (χ2v) is 7.67. The lowest BCUT2D eigenvalue weighted by atomic mass is 10.1. The first kappa shape index (κ1) is 17.1. The monoisotopic (exact) mass is 570 g/mol. The molecule has 8 heteroatoms. The summed E-state index contributed by atoms with van der Waals surface area (Å²) in [5, 5.41) is 10.5. The fraction of sp³-hybridized carbons (Fsp3) is 0.300. The highest BCUT2D eigenvalue weighted by molar-refractivity contribution is 9.17. The van der Waals surface area contributed by atoms with Crippen LogP contribution in [0.15, 0.2) is 30.1 Å². The van der Waals surface area contributed by atoms with E-state index in [0.29, 0.717) is 17.9 Å². The van der Waals surface area contributed by atoms with Crippen LogP contribution in [0.2, 0.25) is 0 Å². The van der Waals surface area contributed by atoms with Crippen molar-refractivity contribution in [1.29, 1.82) is 0 Å². The fourth-order valence-electron chi connectivity index (χ4n) is 1.08. The van der Waals surface area contributed by atoms with Crippen LogP contribution in [-0.4, -0.2) is 21.7 Å². The van der Waals surface area contributed by atoms with Crippen LogP contribution >= 0.6 is 79.6 Å². The zero-order chi connectivity index (χ0) is 14.2. The Morgan fingerprint density at radius 2 is 1.83 bits per heavy atom. The highest BCUT2D eigenvalue weighted by atomic mass is 79.9. The standard InChI is InChI=1S/C10H7Br5O3/c1-3(2)9(16)18-10(17)7(14)5(12)4(11)6(13)8(10)15/h7,17H,1H2,2H3. The molecule has 0 aromatic heterocycles. The summed E-state index contributed by atoms with van der Waals surface area (Å²) in [5.74, 6) is -2.54. The first-order valence-corrected chi connectivity index (χ1v) is 8.58. The quantitative estimate of drug-likeness (QED) is 0.228. The van der Waals surface area contributed by atoms with Crippen LogP contribution in [0.1, 0.15) is 6.92 Å². The van der Waals surface area contributed by atoms with Gasteiger partial charge in [0.2, 0.25) is 0 Å². The minimum Gasteiger partial charge on any atom is -0.423 e. The molecular weight excluding hydrogens is 568 g/mol. The first-order chi connectivity index (χ1) is 8.12. The number of carbonyl (C=O) groups excluding carboxylic acids is 1. The molecule has 0 aromatic rings. The van der Waals surface area contributed by atoms with Gasteiger partial charge in [-0.3, -0.25) is 0 Å². The second-order valence-electron chi connectivity index (χ2n) is 3.52. The Kier molecular flexibility index (Phi) is 5.91. The molecule has 100 valence electrons. The Bertz CT molecular complexity index is 482. The van der Waals surface area contributed by atoms with Crippen molar-refractivity contribution in [2.24, 2.45) is 0 Å². The Hall–Kier alpha value is 1.05. The van der Waals surface area contributed by atoms with Gasteiger partial charge in [-0.25, -0.2) is 4.79 Å². The molecule has 0 bridgehead atoms. The number of aliphatic hydroxyl groups is 1. The molecule has 0 saturated carbocycles. The lowest BCUT2D eigenvalue weighted by molar-refractivity contribution is -0.184. The summed E-state index contributed by atoms with van der Waals surface area (Å²) in [4.78, 5) is 10.9. The smallest absolute Gasteiger partial charge is 0.335 e. The van der Waals surface area contributed by atoms with Gasteiger partial charge in [0.25, 0.3) is 5.79 Å². The van der Waals surface area contributed by atoms with Crippen molar-refractivity contribution in [3.05, 3.63) is 30.1 Å². The van der Waals surface area contributed by atoms with Crippen molar-refractivity contribution in [2.75, 3.05) is 0 Å². The number of rotatable bonds is 2. The Morgan fingerprint density at radius 3 is 2.28 bits per heavy atom. The number of alkyl halides is 1. The van der Waals surface area contributed by atoms with Gasteiger partial charge in [0.05, 0.1) is 4.48 Å². The van der Waals surface area contributed by atoms with E-state index in [9.17, 15) is 9.90 Å². The molecule has 0 saturated heterocycles. The van der Waals surface area contributed by atoms with E-state index < -0.39 is 16.6 Å². The van der Waals surface area contributed by atoms with Gasteiger partial charge in [0.15, 0.2) is 0 Å². The Balaban J connectivity index is 3.25. The first-order valence-electron chi connectivity index (χ1n) is 4.49. The average molecular weight is 575 g/mol. The number of hydrogen-bond acceptors (Lipinski definition) is 3.